The number of hydrogen-bond acceptors (Lipinski definition) is 3. The second-order valence-corrected chi connectivity index (χ2v) is 6.42. The largest absolute Gasteiger partial charge is 0.482 e. The summed E-state index contributed by atoms with van der Waals surface area (Å²) in [6.07, 6.45) is -0.635. The highest BCUT2D eigenvalue weighted by Gasteiger charge is 2.19. The van der Waals surface area contributed by atoms with Crippen LogP contribution in [-0.2, 0) is 0 Å². The monoisotopic (exact) mass is 334 g/mol. The fraction of sp³-hybridized carbons (Fsp3) is 0.154. The molecule has 19 heavy (non-hydrogen) atoms. The van der Waals surface area contributed by atoms with Gasteiger partial charge < -0.3 is 4.74 Å². The minimum Gasteiger partial charge on any atom is -0.482 e. The molecule has 0 saturated carbocycles. The molecule has 6 heteroatoms. The quantitative estimate of drug-likeness (QED) is 0.703. The Hall–Kier alpha value is -0.740. The van der Waals surface area contributed by atoms with Crippen LogP contribution in [0.25, 0.3) is 0 Å². The van der Waals surface area contributed by atoms with Gasteiger partial charge in [-0.15, -0.1) is 11.3 Å². The molecule has 2 rings (SSSR count). The first kappa shape index (κ1) is 14.7. The van der Waals surface area contributed by atoms with Crippen LogP contribution in [0.3, 0.4) is 0 Å². The average molecular weight is 336 g/mol. The first-order valence-corrected chi connectivity index (χ1v) is 7.33. The molecule has 0 saturated heterocycles. The first-order valence-electron chi connectivity index (χ1n) is 5.38. The van der Waals surface area contributed by atoms with Gasteiger partial charge in [-0.25, -0.2) is 0 Å². The Kier molecular flexibility index (Phi) is 4.74. The molecule has 1 atom stereocenters. The van der Waals surface area contributed by atoms with Crippen molar-refractivity contribution in [3.63, 3.8) is 0 Å². The zero-order valence-electron chi connectivity index (χ0n) is 9.82. The zero-order chi connectivity index (χ0) is 14.0. The number of ether oxygens (including phenoxy) is 1. The summed E-state index contributed by atoms with van der Waals surface area (Å²) in [6, 6.07) is 8.18. The van der Waals surface area contributed by atoms with Gasteiger partial charge in [-0.2, -0.15) is 0 Å². The summed E-state index contributed by atoms with van der Waals surface area (Å²) in [4.78, 5) is 12.7. The molecule has 2 nitrogen and oxygen atoms in total. The second kappa shape index (κ2) is 6.14. The molecule has 0 N–H and O–H groups in total. The number of ketones is 1. The average Bonchev–Trinajstić information content (AvgIpc) is 2.73. The van der Waals surface area contributed by atoms with E-state index in [0.29, 0.717) is 25.0 Å². The van der Waals surface area contributed by atoms with E-state index in [1.165, 1.54) is 11.3 Å². The number of carbonyl (C=O) groups is 1. The fourth-order valence-electron chi connectivity index (χ4n) is 1.50. The van der Waals surface area contributed by atoms with Crippen LogP contribution in [0.1, 0.15) is 16.6 Å². The summed E-state index contributed by atoms with van der Waals surface area (Å²) >= 11 is 18.8. The van der Waals surface area contributed by atoms with E-state index in [1.54, 1.807) is 37.3 Å². The molecule has 0 aliphatic heterocycles. The summed E-state index contributed by atoms with van der Waals surface area (Å²) < 4.78 is 6.12. The number of benzene rings is 1. The van der Waals surface area contributed by atoms with E-state index in [9.17, 15) is 4.79 Å². The van der Waals surface area contributed by atoms with Crippen LogP contribution in [-0.4, -0.2) is 11.9 Å². The van der Waals surface area contributed by atoms with Gasteiger partial charge in [-0.05, 0) is 37.3 Å². The molecule has 2 aromatic rings. The molecule has 0 aliphatic carbocycles. The van der Waals surface area contributed by atoms with E-state index in [4.69, 9.17) is 39.5 Å². The molecule has 0 spiro atoms. The third-order valence-corrected chi connectivity index (χ3v) is 4.02. The standard InChI is InChI=1S/C13H9Cl3O2S/c1-7(13(17)11-2-3-12(16)19-11)18-10-5-8(14)4-9(15)6-10/h2-7H,1H3. The van der Waals surface area contributed by atoms with E-state index in [-0.39, 0.29) is 5.78 Å². The van der Waals surface area contributed by atoms with Crippen molar-refractivity contribution in [1.82, 2.24) is 0 Å². The third-order valence-electron chi connectivity index (χ3n) is 2.33. The minimum absolute atomic E-state index is 0.131. The van der Waals surface area contributed by atoms with Crippen LogP contribution >= 0.6 is 46.1 Å². The molecule has 0 amide bonds. The van der Waals surface area contributed by atoms with Crippen molar-refractivity contribution < 1.29 is 9.53 Å². The van der Waals surface area contributed by atoms with Gasteiger partial charge in [0.05, 0.1) is 9.21 Å². The predicted molar refractivity (Wildman–Crippen MR) is 80.2 cm³/mol. The van der Waals surface area contributed by atoms with Crippen molar-refractivity contribution in [1.29, 1.82) is 0 Å². The van der Waals surface area contributed by atoms with Crippen molar-refractivity contribution in [3.05, 3.63) is 49.6 Å². The topological polar surface area (TPSA) is 26.3 Å². The normalized spacial score (nSPS) is 12.2. The Morgan fingerprint density at radius 2 is 1.79 bits per heavy atom. The number of hydrogen-bond donors (Lipinski definition) is 0. The van der Waals surface area contributed by atoms with Gasteiger partial charge in [0.2, 0.25) is 5.78 Å². The molecule has 0 bridgehead atoms. The Labute approximate surface area is 129 Å². The van der Waals surface area contributed by atoms with Crippen LogP contribution in [0.4, 0.5) is 0 Å². The Morgan fingerprint density at radius 1 is 1.16 bits per heavy atom. The van der Waals surface area contributed by atoms with Crippen molar-refractivity contribution in [3.8, 4) is 5.75 Å². The summed E-state index contributed by atoms with van der Waals surface area (Å²) in [5, 5.41) is 0.919. The Balaban J connectivity index is 2.12. The van der Waals surface area contributed by atoms with E-state index >= 15 is 0 Å². The number of Topliss-reactive ketones (excluding diaryl/α,β-unsaturated/α-hetero) is 1. The fourth-order valence-corrected chi connectivity index (χ4v) is 3.07. The van der Waals surface area contributed by atoms with Gasteiger partial charge in [-0.3, -0.25) is 4.79 Å². The molecule has 0 aliphatic rings. The third kappa shape index (κ3) is 3.86. The van der Waals surface area contributed by atoms with Gasteiger partial charge >= 0.3 is 0 Å². The molecule has 0 fully saturated rings. The molecule has 0 radical (unpaired) electrons. The van der Waals surface area contributed by atoms with Crippen LogP contribution in [0.2, 0.25) is 14.4 Å². The van der Waals surface area contributed by atoms with Gasteiger partial charge in [0.25, 0.3) is 0 Å². The van der Waals surface area contributed by atoms with Gasteiger partial charge in [-0.1, -0.05) is 34.8 Å². The van der Waals surface area contributed by atoms with E-state index in [2.05, 4.69) is 0 Å². The lowest BCUT2D eigenvalue weighted by molar-refractivity contribution is 0.0822. The molecular weight excluding hydrogens is 327 g/mol. The molecule has 1 unspecified atom stereocenters. The van der Waals surface area contributed by atoms with Crippen molar-refractivity contribution in [2.75, 3.05) is 0 Å². The minimum atomic E-state index is -0.635. The highest BCUT2D eigenvalue weighted by atomic mass is 35.5. The lowest BCUT2D eigenvalue weighted by Crippen LogP contribution is -2.23. The highest BCUT2D eigenvalue weighted by Crippen LogP contribution is 2.27. The molecule has 1 aromatic carbocycles. The number of halogens is 3. The smallest absolute Gasteiger partial charge is 0.212 e. The molecule has 1 aromatic heterocycles. The molecule has 1 heterocycles. The maximum absolute atomic E-state index is 12.1. The van der Waals surface area contributed by atoms with Crippen LogP contribution in [0.15, 0.2) is 30.3 Å². The second-order valence-electron chi connectivity index (χ2n) is 3.83. The lowest BCUT2D eigenvalue weighted by atomic mass is 10.2. The van der Waals surface area contributed by atoms with Gasteiger partial charge in [0.1, 0.15) is 5.75 Å². The van der Waals surface area contributed by atoms with Crippen molar-refractivity contribution in [2.24, 2.45) is 0 Å². The Bertz CT molecular complexity index is 589. The van der Waals surface area contributed by atoms with E-state index < -0.39 is 6.10 Å². The number of rotatable bonds is 4. The summed E-state index contributed by atoms with van der Waals surface area (Å²) in [5.41, 5.74) is 0. The van der Waals surface area contributed by atoms with Crippen molar-refractivity contribution >= 4 is 51.9 Å². The zero-order valence-corrected chi connectivity index (χ0v) is 12.9. The number of thiophene rings is 1. The van der Waals surface area contributed by atoms with E-state index in [0.717, 1.165) is 0 Å². The van der Waals surface area contributed by atoms with Crippen LogP contribution in [0, 0.1) is 0 Å². The van der Waals surface area contributed by atoms with E-state index in [1.807, 2.05) is 0 Å². The highest BCUT2D eigenvalue weighted by molar-refractivity contribution is 7.18. The Morgan fingerprint density at radius 3 is 2.32 bits per heavy atom. The van der Waals surface area contributed by atoms with Crippen molar-refractivity contribution in [2.45, 2.75) is 13.0 Å². The van der Waals surface area contributed by atoms with Gasteiger partial charge in [0.15, 0.2) is 6.10 Å². The molecular formula is C13H9Cl3O2S. The summed E-state index contributed by atoms with van der Waals surface area (Å²) in [5.74, 6) is 0.328. The van der Waals surface area contributed by atoms with Gasteiger partial charge in [0, 0.05) is 10.0 Å². The number of carbonyl (C=O) groups excluding carboxylic acids is 1. The summed E-state index contributed by atoms with van der Waals surface area (Å²) in [6.45, 7) is 1.67. The predicted octanol–water partition coefficient (Wildman–Crippen LogP) is 5.36. The van der Waals surface area contributed by atoms with Crippen LogP contribution < -0.4 is 4.74 Å². The van der Waals surface area contributed by atoms with Crippen LogP contribution in [0.5, 0.6) is 5.75 Å². The SMILES string of the molecule is CC(Oc1cc(Cl)cc(Cl)c1)C(=O)c1ccc(Cl)s1. The molecule has 100 valence electrons. The maximum atomic E-state index is 12.1. The first-order chi connectivity index (χ1) is 8.95. The maximum Gasteiger partial charge on any atom is 0.212 e. The lowest BCUT2D eigenvalue weighted by Gasteiger charge is -2.13. The summed E-state index contributed by atoms with van der Waals surface area (Å²) in [7, 11) is 0.